The predicted molar refractivity (Wildman–Crippen MR) is 88.7 cm³/mol. The Kier molecular flexibility index (Phi) is 5.52. The molecule has 0 aliphatic rings. The number of alkyl halides is 3. The zero-order valence-corrected chi connectivity index (χ0v) is 15.1. The third kappa shape index (κ3) is 4.21. The molecule has 0 fully saturated rings. The highest BCUT2D eigenvalue weighted by molar-refractivity contribution is 7.92. The Bertz CT molecular complexity index is 901. The van der Waals surface area contributed by atoms with Crippen LogP contribution in [0.15, 0.2) is 35.2 Å². The fourth-order valence-electron chi connectivity index (χ4n) is 1.73. The highest BCUT2D eigenvalue weighted by atomic mass is 35.5. The maximum Gasteiger partial charge on any atom is 0.417 e. The van der Waals surface area contributed by atoms with Gasteiger partial charge in [-0.2, -0.15) is 13.2 Å². The van der Waals surface area contributed by atoms with Crippen molar-refractivity contribution < 1.29 is 21.6 Å². The molecule has 0 aliphatic carbocycles. The molecule has 0 saturated carbocycles. The normalized spacial score (nSPS) is 12.3. The summed E-state index contributed by atoms with van der Waals surface area (Å²) < 4.78 is 65.1. The van der Waals surface area contributed by atoms with E-state index in [2.05, 4.69) is 0 Å². The van der Waals surface area contributed by atoms with E-state index in [0.29, 0.717) is 6.07 Å². The van der Waals surface area contributed by atoms with Crippen molar-refractivity contribution in [2.45, 2.75) is 11.1 Å². The van der Waals surface area contributed by atoms with Gasteiger partial charge in [-0.3, -0.25) is 4.72 Å². The Morgan fingerprint density at radius 2 is 1.42 bits per heavy atom. The van der Waals surface area contributed by atoms with Crippen LogP contribution in [0.2, 0.25) is 20.1 Å². The van der Waals surface area contributed by atoms with Crippen LogP contribution in [0, 0.1) is 0 Å². The molecule has 0 bridgehead atoms. The molecule has 0 saturated heterocycles. The lowest BCUT2D eigenvalue weighted by Crippen LogP contribution is -2.15. The maximum absolute atomic E-state index is 12.8. The second kappa shape index (κ2) is 6.80. The van der Waals surface area contributed by atoms with Crippen LogP contribution in [0.1, 0.15) is 5.56 Å². The van der Waals surface area contributed by atoms with Crippen LogP contribution < -0.4 is 4.72 Å². The summed E-state index contributed by atoms with van der Waals surface area (Å²) in [4.78, 5) is -0.429. The molecular formula is C13H6Cl4F3NO2S. The van der Waals surface area contributed by atoms with E-state index >= 15 is 0 Å². The second-order valence-electron chi connectivity index (χ2n) is 4.49. The predicted octanol–water partition coefficient (Wildman–Crippen LogP) is 6.12. The summed E-state index contributed by atoms with van der Waals surface area (Å²) in [7, 11) is -4.29. The van der Waals surface area contributed by atoms with Crippen LogP contribution in [-0.4, -0.2) is 8.42 Å². The average Bonchev–Trinajstić information content (AvgIpc) is 2.43. The van der Waals surface area contributed by atoms with Gasteiger partial charge in [0.1, 0.15) is 4.90 Å². The molecule has 0 aliphatic heterocycles. The second-order valence-corrected chi connectivity index (χ2v) is 7.77. The van der Waals surface area contributed by atoms with Crippen LogP contribution in [-0.2, 0) is 16.2 Å². The van der Waals surface area contributed by atoms with E-state index in [1.54, 1.807) is 0 Å². The van der Waals surface area contributed by atoms with Gasteiger partial charge < -0.3 is 0 Å². The maximum atomic E-state index is 12.8. The number of hydrogen-bond donors (Lipinski definition) is 1. The van der Waals surface area contributed by atoms with Gasteiger partial charge in [0.2, 0.25) is 0 Å². The third-order valence-corrected chi connectivity index (χ3v) is 5.69. The van der Waals surface area contributed by atoms with Crippen molar-refractivity contribution in [3.8, 4) is 0 Å². The number of benzene rings is 2. The monoisotopic (exact) mass is 437 g/mol. The van der Waals surface area contributed by atoms with E-state index in [1.165, 1.54) is 0 Å². The molecule has 3 nitrogen and oxygen atoms in total. The average molecular weight is 439 g/mol. The molecular weight excluding hydrogens is 433 g/mol. The number of rotatable bonds is 3. The Hall–Kier alpha value is -0.860. The molecule has 1 N–H and O–H groups in total. The Morgan fingerprint density at radius 3 is 2.00 bits per heavy atom. The Balaban J connectivity index is 2.46. The van der Waals surface area contributed by atoms with Crippen LogP contribution in [0.4, 0.5) is 18.9 Å². The van der Waals surface area contributed by atoms with Gasteiger partial charge in [-0.05, 0) is 30.3 Å². The number of hydrogen-bond acceptors (Lipinski definition) is 2. The van der Waals surface area contributed by atoms with Gasteiger partial charge in [0.15, 0.2) is 0 Å². The van der Waals surface area contributed by atoms with Crippen LogP contribution in [0.5, 0.6) is 0 Å². The minimum Gasteiger partial charge on any atom is -0.280 e. The highest BCUT2D eigenvalue weighted by Gasteiger charge is 2.33. The van der Waals surface area contributed by atoms with Crippen LogP contribution >= 0.6 is 46.4 Å². The summed E-state index contributed by atoms with van der Waals surface area (Å²) in [5.41, 5.74) is -1.52. The van der Waals surface area contributed by atoms with Crippen molar-refractivity contribution in [1.29, 1.82) is 0 Å². The molecule has 11 heteroatoms. The van der Waals surface area contributed by atoms with Crippen LogP contribution in [0.3, 0.4) is 0 Å². The van der Waals surface area contributed by atoms with E-state index in [9.17, 15) is 21.6 Å². The molecule has 0 aromatic heterocycles. The quantitative estimate of drug-likeness (QED) is 0.586. The van der Waals surface area contributed by atoms with Crippen molar-refractivity contribution in [3.63, 3.8) is 0 Å². The summed E-state index contributed by atoms with van der Waals surface area (Å²) in [6, 6.07) is 4.70. The number of sulfonamides is 1. The van der Waals surface area contributed by atoms with Gasteiger partial charge in [-0.1, -0.05) is 46.4 Å². The molecule has 0 radical (unpaired) electrons. The number of anilines is 1. The lowest BCUT2D eigenvalue weighted by molar-refractivity contribution is -0.137. The molecule has 2 rings (SSSR count). The van der Waals surface area contributed by atoms with Crippen molar-refractivity contribution >= 4 is 62.1 Å². The van der Waals surface area contributed by atoms with Gasteiger partial charge in [0.25, 0.3) is 10.0 Å². The van der Waals surface area contributed by atoms with Gasteiger partial charge in [-0.25, -0.2) is 8.42 Å². The first kappa shape index (κ1) is 19.5. The van der Waals surface area contributed by atoms with E-state index in [1.807, 2.05) is 4.72 Å². The fraction of sp³-hybridized carbons (Fsp3) is 0.0769. The molecule has 0 atom stereocenters. The largest absolute Gasteiger partial charge is 0.417 e. The van der Waals surface area contributed by atoms with Gasteiger partial charge >= 0.3 is 6.18 Å². The molecule has 0 heterocycles. The lowest BCUT2D eigenvalue weighted by atomic mass is 10.2. The zero-order chi connectivity index (χ0) is 18.3. The standard InChI is InChI=1S/C13H6Cl4F3NO2S/c14-8-2-1-6(3-7(8)13(18,19)20)21-24(22,23)12-5-10(16)9(15)4-11(12)17/h1-5,21H. The number of nitrogens with one attached hydrogen (secondary N) is 1. The molecule has 2 aromatic rings. The van der Waals surface area contributed by atoms with E-state index in [4.69, 9.17) is 46.4 Å². The van der Waals surface area contributed by atoms with Gasteiger partial charge in [0.05, 0.1) is 25.7 Å². The first-order chi connectivity index (χ1) is 10.9. The minimum absolute atomic E-state index is 0.0338. The van der Waals surface area contributed by atoms with E-state index in [-0.39, 0.29) is 20.8 Å². The van der Waals surface area contributed by atoms with Gasteiger partial charge in [0, 0.05) is 5.69 Å². The lowest BCUT2D eigenvalue weighted by Gasteiger charge is -2.13. The SMILES string of the molecule is O=S(=O)(Nc1ccc(Cl)c(C(F)(F)F)c1)c1cc(Cl)c(Cl)cc1Cl. The summed E-state index contributed by atoms with van der Waals surface area (Å²) in [6.07, 6.45) is -4.74. The van der Waals surface area contributed by atoms with Gasteiger partial charge in [-0.15, -0.1) is 0 Å². The smallest absolute Gasteiger partial charge is 0.280 e. The summed E-state index contributed by atoms with van der Waals surface area (Å²) in [5.74, 6) is 0. The summed E-state index contributed by atoms with van der Waals surface area (Å²) >= 11 is 22.8. The van der Waals surface area contributed by atoms with Crippen molar-refractivity contribution in [3.05, 3.63) is 56.0 Å². The third-order valence-electron chi connectivity index (χ3n) is 2.79. The van der Waals surface area contributed by atoms with E-state index < -0.39 is 31.7 Å². The highest BCUT2D eigenvalue weighted by Crippen LogP contribution is 2.37. The first-order valence-corrected chi connectivity index (χ1v) is 8.95. The van der Waals surface area contributed by atoms with Crippen molar-refractivity contribution in [2.75, 3.05) is 4.72 Å². The first-order valence-electron chi connectivity index (χ1n) is 5.96. The van der Waals surface area contributed by atoms with Crippen LogP contribution in [0.25, 0.3) is 0 Å². The molecule has 130 valence electrons. The molecule has 2 aromatic carbocycles. The topological polar surface area (TPSA) is 46.2 Å². The van der Waals surface area contributed by atoms with Crippen molar-refractivity contribution in [2.24, 2.45) is 0 Å². The summed E-state index contributed by atoms with van der Waals surface area (Å²) in [5, 5.41) is -0.833. The molecule has 0 unspecified atom stereocenters. The molecule has 24 heavy (non-hydrogen) atoms. The molecule has 0 spiro atoms. The van der Waals surface area contributed by atoms with Crippen molar-refractivity contribution in [1.82, 2.24) is 0 Å². The Morgan fingerprint density at radius 1 is 0.833 bits per heavy atom. The summed E-state index contributed by atoms with van der Waals surface area (Å²) in [6.45, 7) is 0. The fourth-order valence-corrected chi connectivity index (χ4v) is 4.00. The molecule has 0 amide bonds. The van der Waals surface area contributed by atoms with E-state index in [0.717, 1.165) is 24.3 Å². The number of halogens is 7. The minimum atomic E-state index is -4.74. The Labute approximate surface area is 155 Å². The zero-order valence-electron chi connectivity index (χ0n) is 11.3.